The van der Waals surface area contributed by atoms with Gasteiger partial charge in [0.05, 0.1) is 23.8 Å². The average Bonchev–Trinajstić information content (AvgIpc) is 2.68. The Hall–Kier alpha value is -1.51. The number of isocyanates is 1. The van der Waals surface area contributed by atoms with Crippen molar-refractivity contribution in [1.29, 1.82) is 0 Å². The first-order chi connectivity index (χ1) is 10.6. The molecule has 0 aromatic heterocycles. The summed E-state index contributed by atoms with van der Waals surface area (Å²) in [5, 5.41) is 0.531. The van der Waals surface area contributed by atoms with Gasteiger partial charge in [-0.05, 0) is 36.8 Å². The molecule has 1 fully saturated rings. The molecular formula is C17H20ClNO3. The van der Waals surface area contributed by atoms with Crippen LogP contribution in [0.25, 0.3) is 0 Å². The number of nitrogens with zero attached hydrogens (tertiary/aromatic N) is 1. The van der Waals surface area contributed by atoms with Crippen molar-refractivity contribution in [3.8, 4) is 11.5 Å². The molecule has 0 unspecified atom stereocenters. The van der Waals surface area contributed by atoms with Gasteiger partial charge in [-0.15, -0.1) is 0 Å². The van der Waals surface area contributed by atoms with E-state index in [9.17, 15) is 4.79 Å². The van der Waals surface area contributed by atoms with Crippen molar-refractivity contribution in [2.75, 3.05) is 13.2 Å². The Morgan fingerprint density at radius 1 is 1.23 bits per heavy atom. The molecule has 4 nitrogen and oxygen atoms in total. The lowest BCUT2D eigenvalue weighted by Crippen LogP contribution is -2.33. The van der Waals surface area contributed by atoms with Gasteiger partial charge in [0.2, 0.25) is 6.08 Å². The smallest absolute Gasteiger partial charge is 0.235 e. The average molecular weight is 322 g/mol. The fourth-order valence-electron chi connectivity index (χ4n) is 3.31. The maximum atomic E-state index is 10.9. The number of aliphatic imine (C=N–C) groups is 1. The lowest BCUT2D eigenvalue weighted by molar-refractivity contribution is 0.250. The first kappa shape index (κ1) is 15.4. The quantitative estimate of drug-likeness (QED) is 0.614. The van der Waals surface area contributed by atoms with Crippen LogP contribution in [0.3, 0.4) is 0 Å². The summed E-state index contributed by atoms with van der Waals surface area (Å²) < 4.78 is 11.7. The summed E-state index contributed by atoms with van der Waals surface area (Å²) in [7, 11) is 0. The van der Waals surface area contributed by atoms with E-state index in [2.05, 4.69) is 18.8 Å². The summed E-state index contributed by atoms with van der Waals surface area (Å²) in [6, 6.07) is 1.91. The molecule has 3 rings (SSSR count). The molecule has 118 valence electrons. The Balaban J connectivity index is 2.24. The fourth-order valence-corrected chi connectivity index (χ4v) is 3.56. The lowest BCUT2D eigenvalue weighted by atomic mass is 9.69. The van der Waals surface area contributed by atoms with Gasteiger partial charge in [-0.3, -0.25) is 0 Å². The molecule has 0 N–H and O–H groups in total. The van der Waals surface area contributed by atoms with E-state index in [1.54, 1.807) is 6.08 Å². The van der Waals surface area contributed by atoms with Crippen molar-refractivity contribution in [3.05, 3.63) is 22.2 Å². The highest BCUT2D eigenvalue weighted by Gasteiger charge is 2.43. The third-order valence-electron chi connectivity index (χ3n) is 4.53. The Labute approximate surface area is 135 Å². The van der Waals surface area contributed by atoms with Crippen LogP contribution in [0.15, 0.2) is 11.1 Å². The van der Waals surface area contributed by atoms with Gasteiger partial charge < -0.3 is 9.47 Å². The predicted octanol–water partition coefficient (Wildman–Crippen LogP) is 4.34. The first-order valence-electron chi connectivity index (χ1n) is 7.80. The van der Waals surface area contributed by atoms with Crippen molar-refractivity contribution in [2.24, 2.45) is 4.99 Å². The third kappa shape index (κ3) is 2.41. The van der Waals surface area contributed by atoms with Gasteiger partial charge in [0.1, 0.15) is 0 Å². The Kier molecular flexibility index (Phi) is 4.16. The molecule has 0 atom stereocenters. The largest absolute Gasteiger partial charge is 0.489 e. The van der Waals surface area contributed by atoms with E-state index in [4.69, 9.17) is 21.1 Å². The molecule has 1 aliphatic heterocycles. The molecule has 22 heavy (non-hydrogen) atoms. The minimum absolute atomic E-state index is 0.224. The number of fused-ring (bicyclic) bond motifs is 1. The van der Waals surface area contributed by atoms with Crippen molar-refractivity contribution < 1.29 is 14.3 Å². The number of rotatable bonds is 3. The number of hydrogen-bond donors (Lipinski definition) is 0. The van der Waals surface area contributed by atoms with Crippen LogP contribution in [0.4, 0.5) is 0 Å². The van der Waals surface area contributed by atoms with Gasteiger partial charge in [0, 0.05) is 12.0 Å². The van der Waals surface area contributed by atoms with E-state index in [1.807, 2.05) is 6.07 Å². The summed E-state index contributed by atoms with van der Waals surface area (Å²) in [5.41, 5.74) is 1.56. The standard InChI is InChI=1S/C17H20ClNO3/c1-11(2)14-12(17(19-10-20)5-3-6-17)9-13(18)15-16(14)22-8-4-7-21-15/h9,11H,3-8H2,1-2H3. The molecule has 0 amide bonds. The molecule has 0 spiro atoms. The minimum atomic E-state index is -0.490. The summed E-state index contributed by atoms with van der Waals surface area (Å²) in [6.45, 7) is 5.42. The maximum Gasteiger partial charge on any atom is 0.235 e. The van der Waals surface area contributed by atoms with Gasteiger partial charge >= 0.3 is 0 Å². The SMILES string of the molecule is CC(C)c1c(C2(N=C=O)CCC2)cc(Cl)c2c1OCCCO2. The van der Waals surface area contributed by atoms with Crippen LogP contribution in [0.2, 0.25) is 5.02 Å². The van der Waals surface area contributed by atoms with Crippen LogP contribution in [-0.4, -0.2) is 19.3 Å². The molecule has 1 aromatic carbocycles. The molecule has 1 aliphatic carbocycles. The maximum absolute atomic E-state index is 10.9. The van der Waals surface area contributed by atoms with E-state index < -0.39 is 5.54 Å². The van der Waals surface area contributed by atoms with Crippen molar-refractivity contribution in [1.82, 2.24) is 0 Å². The predicted molar refractivity (Wildman–Crippen MR) is 84.8 cm³/mol. The number of halogens is 1. The number of ether oxygens (including phenoxy) is 2. The van der Waals surface area contributed by atoms with Gasteiger partial charge in [-0.25, -0.2) is 4.79 Å². The van der Waals surface area contributed by atoms with Crippen LogP contribution in [-0.2, 0) is 10.3 Å². The van der Waals surface area contributed by atoms with Crippen LogP contribution in [0.5, 0.6) is 11.5 Å². The van der Waals surface area contributed by atoms with Crippen molar-refractivity contribution in [3.63, 3.8) is 0 Å². The molecule has 1 aromatic rings. The van der Waals surface area contributed by atoms with Gasteiger partial charge in [0.15, 0.2) is 11.5 Å². The normalized spacial score (nSPS) is 19.1. The van der Waals surface area contributed by atoms with Crippen molar-refractivity contribution >= 4 is 17.7 Å². The van der Waals surface area contributed by atoms with E-state index in [0.717, 1.165) is 42.6 Å². The number of carbonyl (C=O) groups excluding carboxylic acids is 1. The second-order valence-corrected chi connectivity index (χ2v) is 6.68. The van der Waals surface area contributed by atoms with Crippen molar-refractivity contribution in [2.45, 2.75) is 51.0 Å². The highest BCUT2D eigenvalue weighted by atomic mass is 35.5. The van der Waals surface area contributed by atoms with Crippen LogP contribution in [0.1, 0.15) is 56.6 Å². The highest BCUT2D eigenvalue weighted by molar-refractivity contribution is 6.32. The lowest BCUT2D eigenvalue weighted by Gasteiger charge is -2.39. The number of benzene rings is 1. The molecule has 1 saturated carbocycles. The van der Waals surface area contributed by atoms with E-state index in [1.165, 1.54) is 0 Å². The minimum Gasteiger partial charge on any atom is -0.489 e. The van der Waals surface area contributed by atoms with Gasteiger partial charge in [-0.1, -0.05) is 25.4 Å². The summed E-state index contributed by atoms with van der Waals surface area (Å²) in [6.07, 6.45) is 5.32. The second kappa shape index (κ2) is 5.94. The Morgan fingerprint density at radius 3 is 2.45 bits per heavy atom. The zero-order chi connectivity index (χ0) is 15.7. The Morgan fingerprint density at radius 2 is 1.91 bits per heavy atom. The van der Waals surface area contributed by atoms with E-state index in [-0.39, 0.29) is 5.92 Å². The fraction of sp³-hybridized carbons (Fsp3) is 0.588. The molecule has 1 heterocycles. The summed E-state index contributed by atoms with van der Waals surface area (Å²) in [5.74, 6) is 1.57. The van der Waals surface area contributed by atoms with E-state index in [0.29, 0.717) is 24.0 Å². The molecule has 5 heteroatoms. The molecule has 2 aliphatic rings. The second-order valence-electron chi connectivity index (χ2n) is 6.27. The van der Waals surface area contributed by atoms with E-state index >= 15 is 0 Å². The highest BCUT2D eigenvalue weighted by Crippen LogP contribution is 2.53. The molecule has 0 radical (unpaired) electrons. The topological polar surface area (TPSA) is 47.9 Å². The number of hydrogen-bond acceptors (Lipinski definition) is 4. The van der Waals surface area contributed by atoms with Crippen LogP contribution >= 0.6 is 11.6 Å². The van der Waals surface area contributed by atoms with Crippen LogP contribution in [0, 0.1) is 0 Å². The summed E-state index contributed by atoms with van der Waals surface area (Å²) in [4.78, 5) is 15.0. The van der Waals surface area contributed by atoms with Gasteiger partial charge in [-0.2, -0.15) is 4.99 Å². The molecular weight excluding hydrogens is 302 g/mol. The van der Waals surface area contributed by atoms with Gasteiger partial charge in [0.25, 0.3) is 0 Å². The monoisotopic (exact) mass is 321 g/mol. The molecule has 0 saturated heterocycles. The Bertz CT molecular complexity index is 631. The molecule has 0 bridgehead atoms. The summed E-state index contributed by atoms with van der Waals surface area (Å²) >= 11 is 6.44. The van der Waals surface area contributed by atoms with Crippen LogP contribution < -0.4 is 9.47 Å². The zero-order valence-electron chi connectivity index (χ0n) is 12.9. The first-order valence-corrected chi connectivity index (χ1v) is 8.18. The third-order valence-corrected chi connectivity index (χ3v) is 4.81. The zero-order valence-corrected chi connectivity index (χ0v) is 13.7.